The van der Waals surface area contributed by atoms with Crippen molar-refractivity contribution in [3.05, 3.63) is 12.2 Å². The Balaban J connectivity index is 2.69. The van der Waals surface area contributed by atoms with Crippen molar-refractivity contribution in [2.24, 2.45) is 0 Å². The molecule has 0 N–H and O–H groups in total. The molecule has 0 aromatic heterocycles. The molecule has 0 nitrogen and oxygen atoms in total. The molecule has 0 aromatic rings. The number of unbranched alkanes of at least 4 members (excludes halogenated alkanes) is 1. The molecule has 0 radical (unpaired) electrons. The molecule has 0 spiro atoms. The van der Waals surface area contributed by atoms with Gasteiger partial charge >= 0.3 is 0 Å². The number of hydrogen-bond donors (Lipinski definition) is 0. The fourth-order valence-electron chi connectivity index (χ4n) is 0.402. The minimum absolute atomic E-state index is 1.23. The van der Waals surface area contributed by atoms with Crippen molar-refractivity contribution in [2.75, 3.05) is 6.16 Å². The van der Waals surface area contributed by atoms with Crippen LogP contribution in [0.5, 0.6) is 0 Å². The zero-order valence-corrected chi connectivity index (χ0v) is 6.01. The van der Waals surface area contributed by atoms with Gasteiger partial charge in [-0.25, -0.2) is 0 Å². The molecule has 1 unspecified atom stereocenters. The fourth-order valence-corrected chi connectivity index (χ4v) is 0.638. The van der Waals surface area contributed by atoms with Crippen LogP contribution in [0.4, 0.5) is 0 Å². The zero-order chi connectivity index (χ0) is 5.54. The summed E-state index contributed by atoms with van der Waals surface area (Å²) in [6.07, 6.45) is 8.06. The van der Waals surface area contributed by atoms with Crippen LogP contribution in [0, 0.1) is 0 Å². The molecule has 0 aliphatic rings. The third-order valence-corrected chi connectivity index (χ3v) is 1.22. The summed E-state index contributed by atoms with van der Waals surface area (Å²) in [5.41, 5.74) is 0. The van der Waals surface area contributed by atoms with Gasteiger partial charge in [0.2, 0.25) is 0 Å². The molecule has 42 valence electrons. The number of allylic oxidation sites excluding steroid dienone is 2. The van der Waals surface area contributed by atoms with Gasteiger partial charge < -0.3 is 0 Å². The third-order valence-electron chi connectivity index (χ3n) is 0.811. The maximum absolute atomic E-state index is 2.72. The summed E-state index contributed by atoms with van der Waals surface area (Å²) in [5.74, 6) is 0. The van der Waals surface area contributed by atoms with Crippen LogP contribution in [0.3, 0.4) is 0 Å². The molecule has 0 fully saturated rings. The Bertz CT molecular complexity index is 48.1. The topological polar surface area (TPSA) is 0 Å². The number of hydrogen-bond acceptors (Lipinski definition) is 0. The molecule has 0 aliphatic heterocycles. The van der Waals surface area contributed by atoms with Gasteiger partial charge in [-0.15, -0.1) is 9.24 Å². The SMILES string of the molecule is CC=CCCCP. The van der Waals surface area contributed by atoms with Crippen molar-refractivity contribution >= 4 is 9.24 Å². The van der Waals surface area contributed by atoms with Crippen molar-refractivity contribution in [2.45, 2.75) is 19.8 Å². The third kappa shape index (κ3) is 6.17. The van der Waals surface area contributed by atoms with Crippen LogP contribution in [0.1, 0.15) is 19.8 Å². The van der Waals surface area contributed by atoms with E-state index < -0.39 is 0 Å². The zero-order valence-electron chi connectivity index (χ0n) is 4.85. The lowest BCUT2D eigenvalue weighted by Crippen LogP contribution is -1.67. The molecule has 0 saturated heterocycles. The van der Waals surface area contributed by atoms with Crippen molar-refractivity contribution in [3.63, 3.8) is 0 Å². The lowest BCUT2D eigenvalue weighted by atomic mass is 10.3. The van der Waals surface area contributed by atoms with E-state index in [-0.39, 0.29) is 0 Å². The van der Waals surface area contributed by atoms with Gasteiger partial charge in [0.15, 0.2) is 0 Å². The van der Waals surface area contributed by atoms with Crippen LogP contribution >= 0.6 is 9.24 Å². The molecule has 0 rings (SSSR count). The van der Waals surface area contributed by atoms with Crippen LogP contribution in [-0.4, -0.2) is 6.16 Å². The molecular formula is C6H13P. The Kier molecular flexibility index (Phi) is 6.32. The van der Waals surface area contributed by atoms with E-state index >= 15 is 0 Å². The normalized spacial score (nSPS) is 10.6. The second-order valence-corrected chi connectivity index (χ2v) is 2.08. The Hall–Kier alpha value is 0.170. The van der Waals surface area contributed by atoms with Gasteiger partial charge in [0.25, 0.3) is 0 Å². The summed E-state index contributed by atoms with van der Waals surface area (Å²) in [6.45, 7) is 2.06. The number of rotatable bonds is 3. The summed E-state index contributed by atoms with van der Waals surface area (Å²) in [5, 5.41) is 0. The first kappa shape index (κ1) is 7.17. The lowest BCUT2D eigenvalue weighted by Gasteiger charge is -1.83. The molecule has 1 atom stereocenters. The molecule has 0 saturated carbocycles. The Morgan fingerprint density at radius 3 is 2.71 bits per heavy atom. The maximum Gasteiger partial charge on any atom is -0.0348 e. The Labute approximate surface area is 48.2 Å². The second kappa shape index (κ2) is 6.17. The summed E-state index contributed by atoms with van der Waals surface area (Å²) >= 11 is 0. The largest absolute Gasteiger partial charge is 0.138 e. The highest BCUT2D eigenvalue weighted by atomic mass is 31.0. The molecule has 0 heterocycles. The molecule has 7 heavy (non-hydrogen) atoms. The Morgan fingerprint density at radius 1 is 1.57 bits per heavy atom. The van der Waals surface area contributed by atoms with Gasteiger partial charge in [-0.05, 0) is 25.9 Å². The standard InChI is InChI=1S/C6H13P/c1-2-3-4-5-6-7/h2-3H,4-7H2,1H3. The van der Waals surface area contributed by atoms with E-state index in [0.29, 0.717) is 0 Å². The molecule has 0 bridgehead atoms. The van der Waals surface area contributed by atoms with Gasteiger partial charge in [0.1, 0.15) is 0 Å². The molecular weight excluding hydrogens is 103 g/mol. The summed E-state index contributed by atoms with van der Waals surface area (Å²) in [6, 6.07) is 0. The van der Waals surface area contributed by atoms with E-state index in [4.69, 9.17) is 0 Å². The highest BCUT2D eigenvalue weighted by molar-refractivity contribution is 7.16. The van der Waals surface area contributed by atoms with Gasteiger partial charge in [-0.2, -0.15) is 0 Å². The van der Waals surface area contributed by atoms with E-state index in [0.717, 1.165) is 0 Å². The van der Waals surface area contributed by atoms with Gasteiger partial charge in [-0.3, -0.25) is 0 Å². The highest BCUT2D eigenvalue weighted by Crippen LogP contribution is 1.93. The van der Waals surface area contributed by atoms with Crippen LogP contribution in [-0.2, 0) is 0 Å². The molecule has 0 aromatic carbocycles. The quantitative estimate of drug-likeness (QED) is 0.301. The van der Waals surface area contributed by atoms with Gasteiger partial charge in [0.05, 0.1) is 0 Å². The second-order valence-electron chi connectivity index (χ2n) is 1.50. The smallest absolute Gasteiger partial charge is 0.0348 e. The summed E-state index contributed by atoms with van der Waals surface area (Å²) in [7, 11) is 2.72. The van der Waals surface area contributed by atoms with Crippen molar-refractivity contribution in [3.8, 4) is 0 Å². The lowest BCUT2D eigenvalue weighted by molar-refractivity contribution is 0.971. The van der Waals surface area contributed by atoms with Crippen LogP contribution in [0.2, 0.25) is 0 Å². The Morgan fingerprint density at radius 2 is 2.29 bits per heavy atom. The van der Waals surface area contributed by atoms with E-state index in [2.05, 4.69) is 28.3 Å². The first-order chi connectivity index (χ1) is 3.41. The highest BCUT2D eigenvalue weighted by Gasteiger charge is 1.73. The first-order valence-electron chi connectivity index (χ1n) is 2.73. The van der Waals surface area contributed by atoms with Gasteiger partial charge in [-0.1, -0.05) is 12.2 Å². The minimum Gasteiger partial charge on any atom is -0.138 e. The summed E-state index contributed by atoms with van der Waals surface area (Å²) in [4.78, 5) is 0. The maximum atomic E-state index is 2.72. The van der Waals surface area contributed by atoms with Crippen LogP contribution in [0.25, 0.3) is 0 Å². The van der Waals surface area contributed by atoms with Crippen molar-refractivity contribution < 1.29 is 0 Å². The molecule has 1 heteroatoms. The predicted molar refractivity (Wildman–Crippen MR) is 38.6 cm³/mol. The van der Waals surface area contributed by atoms with Crippen LogP contribution in [0.15, 0.2) is 12.2 Å². The summed E-state index contributed by atoms with van der Waals surface area (Å²) < 4.78 is 0. The molecule has 0 amide bonds. The predicted octanol–water partition coefficient (Wildman–Crippen LogP) is 2.22. The van der Waals surface area contributed by atoms with Crippen molar-refractivity contribution in [1.82, 2.24) is 0 Å². The van der Waals surface area contributed by atoms with Crippen molar-refractivity contribution in [1.29, 1.82) is 0 Å². The van der Waals surface area contributed by atoms with Gasteiger partial charge in [0, 0.05) is 0 Å². The fraction of sp³-hybridized carbons (Fsp3) is 0.667. The average Bonchev–Trinajstić information content (AvgIpc) is 1.69. The minimum atomic E-state index is 1.23. The monoisotopic (exact) mass is 116 g/mol. The van der Waals surface area contributed by atoms with E-state index in [1.165, 1.54) is 19.0 Å². The van der Waals surface area contributed by atoms with E-state index in [9.17, 15) is 0 Å². The van der Waals surface area contributed by atoms with E-state index in [1.54, 1.807) is 0 Å². The molecule has 0 aliphatic carbocycles. The van der Waals surface area contributed by atoms with Crippen LogP contribution < -0.4 is 0 Å². The average molecular weight is 116 g/mol. The first-order valence-corrected chi connectivity index (χ1v) is 3.54. The van der Waals surface area contributed by atoms with E-state index in [1.807, 2.05) is 0 Å².